The van der Waals surface area contributed by atoms with Crippen LogP contribution in [-0.2, 0) is 12.8 Å². The van der Waals surface area contributed by atoms with Gasteiger partial charge in [-0.1, -0.05) is 36.4 Å². The Morgan fingerprint density at radius 2 is 2.20 bits per heavy atom. The second-order valence-corrected chi connectivity index (χ2v) is 6.38. The minimum absolute atomic E-state index is 0.634. The molecule has 20 heavy (non-hydrogen) atoms. The van der Waals surface area contributed by atoms with Crippen molar-refractivity contribution in [1.82, 2.24) is 5.32 Å². The van der Waals surface area contributed by atoms with Gasteiger partial charge in [0.1, 0.15) is 0 Å². The highest BCUT2D eigenvalue weighted by Gasteiger charge is 2.17. The van der Waals surface area contributed by atoms with Gasteiger partial charge >= 0.3 is 0 Å². The molecule has 1 aliphatic carbocycles. The zero-order valence-electron chi connectivity index (χ0n) is 11.9. The van der Waals surface area contributed by atoms with Crippen LogP contribution in [0.4, 0.5) is 0 Å². The van der Waals surface area contributed by atoms with Gasteiger partial charge in [-0.2, -0.15) is 0 Å². The van der Waals surface area contributed by atoms with Gasteiger partial charge in [-0.15, -0.1) is 11.3 Å². The molecule has 0 fully saturated rings. The molecular weight excluding hydrogens is 262 g/mol. The van der Waals surface area contributed by atoms with Gasteiger partial charge in [0.15, 0.2) is 0 Å². The summed E-state index contributed by atoms with van der Waals surface area (Å²) < 4.78 is 0. The number of rotatable bonds is 6. The van der Waals surface area contributed by atoms with Crippen molar-refractivity contribution >= 4 is 17.4 Å². The van der Waals surface area contributed by atoms with Crippen LogP contribution in [0.1, 0.15) is 33.9 Å². The molecule has 1 aliphatic rings. The summed E-state index contributed by atoms with van der Waals surface area (Å²) in [5, 5.41) is 5.48. The molecule has 3 rings (SSSR count). The Bertz CT molecular complexity index is 583. The van der Waals surface area contributed by atoms with E-state index in [-0.39, 0.29) is 0 Å². The summed E-state index contributed by atoms with van der Waals surface area (Å²) in [4.78, 5) is 1.52. The van der Waals surface area contributed by atoms with Crippen molar-refractivity contribution < 1.29 is 0 Å². The molecule has 1 N–H and O–H groups in total. The number of thiophene rings is 1. The Hall–Kier alpha value is -1.38. The number of hydrogen-bond acceptors (Lipinski definition) is 2. The van der Waals surface area contributed by atoms with Crippen molar-refractivity contribution in [1.29, 1.82) is 0 Å². The molecule has 0 unspecified atom stereocenters. The molecule has 1 aromatic carbocycles. The Balaban J connectivity index is 1.82. The van der Waals surface area contributed by atoms with Crippen LogP contribution in [-0.4, -0.2) is 13.6 Å². The molecule has 0 bridgehead atoms. The second kappa shape index (κ2) is 6.38. The summed E-state index contributed by atoms with van der Waals surface area (Å²) in [5.41, 5.74) is 4.49. The molecule has 0 saturated carbocycles. The van der Waals surface area contributed by atoms with Gasteiger partial charge < -0.3 is 5.32 Å². The maximum atomic E-state index is 3.29. The zero-order valence-corrected chi connectivity index (χ0v) is 12.7. The lowest BCUT2D eigenvalue weighted by molar-refractivity contribution is 0.599. The molecule has 1 atom stereocenters. The third-order valence-electron chi connectivity index (χ3n) is 4.08. The van der Waals surface area contributed by atoms with Gasteiger partial charge in [0.05, 0.1) is 0 Å². The molecule has 0 saturated heterocycles. The van der Waals surface area contributed by atoms with E-state index in [1.54, 1.807) is 5.56 Å². The highest BCUT2D eigenvalue weighted by Crippen LogP contribution is 2.31. The monoisotopic (exact) mass is 283 g/mol. The summed E-state index contributed by atoms with van der Waals surface area (Å²) in [6.45, 7) is 1.08. The molecule has 2 aromatic rings. The van der Waals surface area contributed by atoms with Crippen molar-refractivity contribution in [3.8, 4) is 0 Å². The predicted molar refractivity (Wildman–Crippen MR) is 88.5 cm³/mol. The first-order valence-corrected chi connectivity index (χ1v) is 8.21. The standard InChI is InChI=1S/C18H21NS/c1-19-11-10-16(18-9-4-12-20-18)13-15-7-2-5-14-6-3-8-17(14)15/h2-7,9,12,16,19H,8,10-11,13H2,1H3/t16-/m1/s1. The van der Waals surface area contributed by atoms with Gasteiger partial charge in [0.25, 0.3) is 0 Å². The van der Waals surface area contributed by atoms with Crippen LogP contribution in [0.3, 0.4) is 0 Å². The molecule has 0 aliphatic heterocycles. The molecule has 1 aromatic heterocycles. The Labute approximate surface area is 125 Å². The van der Waals surface area contributed by atoms with Crippen LogP contribution in [0.5, 0.6) is 0 Å². The summed E-state index contributed by atoms with van der Waals surface area (Å²) in [6, 6.07) is 11.2. The molecule has 1 nitrogen and oxygen atoms in total. The fourth-order valence-electron chi connectivity index (χ4n) is 3.01. The summed E-state index contributed by atoms with van der Waals surface area (Å²) in [5.74, 6) is 0.634. The first-order chi connectivity index (χ1) is 9.88. The van der Waals surface area contributed by atoms with Crippen molar-refractivity contribution in [2.45, 2.75) is 25.2 Å². The number of benzene rings is 1. The third kappa shape index (κ3) is 2.87. The molecule has 104 valence electrons. The second-order valence-electron chi connectivity index (χ2n) is 5.40. The van der Waals surface area contributed by atoms with E-state index in [0.29, 0.717) is 5.92 Å². The van der Waals surface area contributed by atoms with Crippen molar-refractivity contribution in [3.05, 3.63) is 63.4 Å². The molecule has 1 heterocycles. The Morgan fingerprint density at radius 3 is 3.00 bits per heavy atom. The van der Waals surface area contributed by atoms with Crippen molar-refractivity contribution in [3.63, 3.8) is 0 Å². The highest BCUT2D eigenvalue weighted by atomic mass is 32.1. The first-order valence-electron chi connectivity index (χ1n) is 7.34. The largest absolute Gasteiger partial charge is 0.320 e. The molecule has 0 spiro atoms. The van der Waals surface area contributed by atoms with Crippen molar-refractivity contribution in [2.75, 3.05) is 13.6 Å². The van der Waals surface area contributed by atoms with Gasteiger partial charge in [0, 0.05) is 4.88 Å². The number of fused-ring (bicyclic) bond motifs is 1. The molecule has 0 radical (unpaired) electrons. The first kappa shape index (κ1) is 13.6. The van der Waals surface area contributed by atoms with E-state index in [0.717, 1.165) is 19.4 Å². The lowest BCUT2D eigenvalue weighted by atomic mass is 9.90. The van der Waals surface area contributed by atoms with E-state index < -0.39 is 0 Å². The van der Waals surface area contributed by atoms with Crippen molar-refractivity contribution in [2.24, 2.45) is 0 Å². The molecular formula is C18H21NS. The van der Waals surface area contributed by atoms with Crippen LogP contribution in [0, 0.1) is 0 Å². The smallest absolute Gasteiger partial charge is 0.00799 e. The lowest BCUT2D eigenvalue weighted by Gasteiger charge is -2.17. The van der Waals surface area contributed by atoms with E-state index in [9.17, 15) is 0 Å². The summed E-state index contributed by atoms with van der Waals surface area (Å²) in [7, 11) is 2.04. The number of hydrogen-bond donors (Lipinski definition) is 1. The van der Waals surface area contributed by atoms with Crippen LogP contribution >= 0.6 is 11.3 Å². The van der Waals surface area contributed by atoms with Crippen LogP contribution in [0.2, 0.25) is 0 Å². The average Bonchev–Trinajstić information content (AvgIpc) is 3.14. The summed E-state index contributed by atoms with van der Waals surface area (Å²) in [6.07, 6.45) is 8.00. The van der Waals surface area contributed by atoms with Crippen LogP contribution in [0.25, 0.3) is 6.08 Å². The third-order valence-corrected chi connectivity index (χ3v) is 5.12. The van der Waals surface area contributed by atoms with E-state index in [4.69, 9.17) is 0 Å². The van der Waals surface area contributed by atoms with E-state index in [2.05, 4.69) is 53.2 Å². The fourth-order valence-corrected chi connectivity index (χ4v) is 3.87. The van der Waals surface area contributed by atoms with Gasteiger partial charge in [-0.3, -0.25) is 0 Å². The zero-order chi connectivity index (χ0) is 13.8. The normalized spacial score (nSPS) is 14.4. The van der Waals surface area contributed by atoms with E-state index >= 15 is 0 Å². The van der Waals surface area contributed by atoms with Gasteiger partial charge in [-0.25, -0.2) is 0 Å². The topological polar surface area (TPSA) is 12.0 Å². The maximum Gasteiger partial charge on any atom is 0.00799 e. The molecule has 0 amide bonds. The number of allylic oxidation sites excluding steroid dienone is 1. The minimum atomic E-state index is 0.634. The fraction of sp³-hybridized carbons (Fsp3) is 0.333. The van der Waals surface area contributed by atoms with Gasteiger partial charge in [0.2, 0.25) is 0 Å². The average molecular weight is 283 g/mol. The summed E-state index contributed by atoms with van der Waals surface area (Å²) >= 11 is 1.89. The maximum absolute atomic E-state index is 3.29. The lowest BCUT2D eigenvalue weighted by Crippen LogP contribution is -2.13. The number of nitrogens with one attached hydrogen (secondary N) is 1. The van der Waals surface area contributed by atoms with Gasteiger partial charge in [-0.05, 0) is 66.9 Å². The highest BCUT2D eigenvalue weighted by molar-refractivity contribution is 7.10. The minimum Gasteiger partial charge on any atom is -0.320 e. The van der Waals surface area contributed by atoms with Crippen LogP contribution in [0.15, 0.2) is 41.8 Å². The Kier molecular flexibility index (Phi) is 4.34. The SMILES string of the molecule is CNCC[C@H](Cc1cccc2c1CC=C2)c1cccs1. The van der Waals surface area contributed by atoms with E-state index in [1.807, 2.05) is 18.4 Å². The quantitative estimate of drug-likeness (QED) is 0.835. The molecule has 2 heteroatoms. The Morgan fingerprint density at radius 1 is 1.25 bits per heavy atom. The van der Waals surface area contributed by atoms with E-state index in [1.165, 1.54) is 22.4 Å². The predicted octanol–water partition coefficient (Wildman–Crippen LogP) is 4.25. The van der Waals surface area contributed by atoms with Crippen LogP contribution < -0.4 is 5.32 Å².